The molecule has 2 rings (SSSR count). The average molecular weight is 240 g/mol. The van der Waals surface area contributed by atoms with Crippen molar-refractivity contribution in [1.82, 2.24) is 10.3 Å². The molecule has 0 aliphatic carbocycles. The standard InChI is InChI=1S/C12H17FN2O2/c1-2-15-11(6-12-16-3-4-17-12)9-5-10(13)8-14-7-9/h5,7-8,11-12,15H,2-4,6H2,1H3. The second-order valence-electron chi connectivity index (χ2n) is 3.95. The Labute approximate surface area is 100 Å². The van der Waals surface area contributed by atoms with Gasteiger partial charge >= 0.3 is 0 Å². The monoisotopic (exact) mass is 240 g/mol. The fourth-order valence-electron chi connectivity index (χ4n) is 1.94. The zero-order valence-electron chi connectivity index (χ0n) is 9.86. The van der Waals surface area contributed by atoms with Gasteiger partial charge in [0.05, 0.1) is 19.4 Å². The van der Waals surface area contributed by atoms with E-state index in [0.717, 1.165) is 12.1 Å². The van der Waals surface area contributed by atoms with E-state index in [1.54, 1.807) is 6.20 Å². The van der Waals surface area contributed by atoms with Crippen molar-refractivity contribution >= 4 is 0 Å². The van der Waals surface area contributed by atoms with E-state index in [1.807, 2.05) is 6.92 Å². The highest BCUT2D eigenvalue weighted by Gasteiger charge is 2.22. The first-order valence-electron chi connectivity index (χ1n) is 5.86. The molecule has 1 aliphatic rings. The van der Waals surface area contributed by atoms with Gasteiger partial charge in [-0.25, -0.2) is 4.39 Å². The molecule has 1 unspecified atom stereocenters. The van der Waals surface area contributed by atoms with Crippen LogP contribution < -0.4 is 5.32 Å². The topological polar surface area (TPSA) is 43.4 Å². The van der Waals surface area contributed by atoms with Crippen LogP contribution in [0.3, 0.4) is 0 Å². The number of hydrogen-bond donors (Lipinski definition) is 1. The van der Waals surface area contributed by atoms with Crippen molar-refractivity contribution in [3.63, 3.8) is 0 Å². The summed E-state index contributed by atoms with van der Waals surface area (Å²) in [5.74, 6) is -0.321. The minimum atomic E-state index is -0.321. The Kier molecular flexibility index (Phi) is 4.42. The molecule has 1 aromatic heterocycles. The summed E-state index contributed by atoms with van der Waals surface area (Å²) >= 11 is 0. The van der Waals surface area contributed by atoms with Gasteiger partial charge in [0.1, 0.15) is 5.82 Å². The van der Waals surface area contributed by atoms with Gasteiger partial charge in [0.15, 0.2) is 6.29 Å². The van der Waals surface area contributed by atoms with E-state index in [9.17, 15) is 4.39 Å². The summed E-state index contributed by atoms with van der Waals surface area (Å²) in [6.07, 6.45) is 3.33. The van der Waals surface area contributed by atoms with Crippen molar-refractivity contribution in [3.05, 3.63) is 29.8 Å². The van der Waals surface area contributed by atoms with Gasteiger partial charge in [-0.3, -0.25) is 4.98 Å². The van der Waals surface area contributed by atoms with Gasteiger partial charge in [-0.05, 0) is 18.2 Å². The lowest BCUT2D eigenvalue weighted by Crippen LogP contribution is -2.26. The van der Waals surface area contributed by atoms with Crippen LogP contribution in [0.15, 0.2) is 18.5 Å². The lowest BCUT2D eigenvalue weighted by molar-refractivity contribution is -0.0529. The van der Waals surface area contributed by atoms with E-state index >= 15 is 0 Å². The zero-order valence-corrected chi connectivity index (χ0v) is 9.86. The molecule has 0 aromatic carbocycles. The molecule has 1 fully saturated rings. The Hall–Kier alpha value is -1.04. The highest BCUT2D eigenvalue weighted by Crippen LogP contribution is 2.22. The molecule has 0 spiro atoms. The minimum absolute atomic E-state index is 0.00583. The summed E-state index contributed by atoms with van der Waals surface area (Å²) in [6.45, 7) is 4.07. The molecule has 1 N–H and O–H groups in total. The smallest absolute Gasteiger partial charge is 0.159 e. The van der Waals surface area contributed by atoms with Gasteiger partial charge in [0.2, 0.25) is 0 Å². The lowest BCUT2D eigenvalue weighted by atomic mass is 10.1. The maximum Gasteiger partial charge on any atom is 0.159 e. The van der Waals surface area contributed by atoms with Gasteiger partial charge in [-0.2, -0.15) is 0 Å². The van der Waals surface area contributed by atoms with Crippen LogP contribution in [-0.4, -0.2) is 31.0 Å². The van der Waals surface area contributed by atoms with Gasteiger partial charge in [-0.1, -0.05) is 6.92 Å². The maximum absolute atomic E-state index is 13.1. The molecular formula is C12H17FN2O2. The first-order valence-corrected chi connectivity index (χ1v) is 5.86. The summed E-state index contributed by atoms with van der Waals surface area (Å²) in [4.78, 5) is 3.87. The predicted molar refractivity (Wildman–Crippen MR) is 60.9 cm³/mol. The Morgan fingerprint density at radius 1 is 1.47 bits per heavy atom. The third kappa shape index (κ3) is 3.46. The fraction of sp³-hybridized carbons (Fsp3) is 0.583. The molecule has 0 bridgehead atoms. The fourth-order valence-corrected chi connectivity index (χ4v) is 1.94. The highest BCUT2D eigenvalue weighted by molar-refractivity contribution is 5.15. The maximum atomic E-state index is 13.1. The van der Waals surface area contributed by atoms with E-state index in [-0.39, 0.29) is 18.1 Å². The number of pyridine rings is 1. The summed E-state index contributed by atoms with van der Waals surface area (Å²) in [6, 6.07) is 1.50. The first-order chi connectivity index (χ1) is 8.29. The Morgan fingerprint density at radius 2 is 2.24 bits per heavy atom. The van der Waals surface area contributed by atoms with Crippen LogP contribution in [0.2, 0.25) is 0 Å². The molecule has 94 valence electrons. The quantitative estimate of drug-likeness (QED) is 0.849. The third-order valence-corrected chi connectivity index (χ3v) is 2.70. The van der Waals surface area contributed by atoms with Crippen LogP contribution >= 0.6 is 0 Å². The van der Waals surface area contributed by atoms with E-state index in [0.29, 0.717) is 19.6 Å². The second kappa shape index (κ2) is 6.05. The van der Waals surface area contributed by atoms with Crippen molar-refractivity contribution in [2.24, 2.45) is 0 Å². The van der Waals surface area contributed by atoms with Crippen molar-refractivity contribution in [2.75, 3.05) is 19.8 Å². The molecule has 0 amide bonds. The average Bonchev–Trinajstić information content (AvgIpc) is 2.81. The number of hydrogen-bond acceptors (Lipinski definition) is 4. The molecule has 2 heterocycles. The Morgan fingerprint density at radius 3 is 2.88 bits per heavy atom. The summed E-state index contributed by atoms with van der Waals surface area (Å²) in [5, 5.41) is 3.29. The third-order valence-electron chi connectivity index (χ3n) is 2.70. The molecule has 1 atom stereocenters. The van der Waals surface area contributed by atoms with Crippen LogP contribution in [0.4, 0.5) is 4.39 Å². The number of ether oxygens (including phenoxy) is 2. The SMILES string of the molecule is CCNC(CC1OCCO1)c1cncc(F)c1. The first kappa shape index (κ1) is 12.4. The van der Waals surface area contributed by atoms with Gasteiger partial charge in [-0.15, -0.1) is 0 Å². The molecule has 1 saturated heterocycles. The molecule has 5 heteroatoms. The van der Waals surface area contributed by atoms with Gasteiger partial charge in [0.25, 0.3) is 0 Å². The predicted octanol–water partition coefficient (Wildman–Crippen LogP) is 1.63. The van der Waals surface area contributed by atoms with Crippen molar-refractivity contribution < 1.29 is 13.9 Å². The molecular weight excluding hydrogens is 223 g/mol. The zero-order chi connectivity index (χ0) is 12.1. The number of nitrogens with one attached hydrogen (secondary N) is 1. The normalized spacial score (nSPS) is 18.5. The molecule has 17 heavy (non-hydrogen) atoms. The summed E-state index contributed by atoms with van der Waals surface area (Å²) in [5.41, 5.74) is 0.825. The molecule has 4 nitrogen and oxygen atoms in total. The summed E-state index contributed by atoms with van der Waals surface area (Å²) < 4.78 is 23.9. The second-order valence-corrected chi connectivity index (χ2v) is 3.95. The van der Waals surface area contributed by atoms with E-state index in [1.165, 1.54) is 12.3 Å². The highest BCUT2D eigenvalue weighted by atomic mass is 19.1. The number of rotatable bonds is 5. The molecule has 1 aromatic rings. The lowest BCUT2D eigenvalue weighted by Gasteiger charge is -2.20. The van der Waals surface area contributed by atoms with Crippen LogP contribution in [-0.2, 0) is 9.47 Å². The van der Waals surface area contributed by atoms with Crippen LogP contribution in [0.5, 0.6) is 0 Å². The van der Waals surface area contributed by atoms with Crippen LogP contribution in [0.25, 0.3) is 0 Å². The van der Waals surface area contributed by atoms with Crippen LogP contribution in [0.1, 0.15) is 24.9 Å². The van der Waals surface area contributed by atoms with Crippen molar-refractivity contribution in [2.45, 2.75) is 25.7 Å². The Balaban J connectivity index is 2.04. The number of halogens is 1. The van der Waals surface area contributed by atoms with Crippen LogP contribution in [0, 0.1) is 5.82 Å². The van der Waals surface area contributed by atoms with E-state index in [2.05, 4.69) is 10.3 Å². The molecule has 0 radical (unpaired) electrons. The summed E-state index contributed by atoms with van der Waals surface area (Å²) in [7, 11) is 0. The van der Waals surface area contributed by atoms with Gasteiger partial charge < -0.3 is 14.8 Å². The minimum Gasteiger partial charge on any atom is -0.350 e. The molecule has 1 aliphatic heterocycles. The molecule has 0 saturated carbocycles. The van der Waals surface area contributed by atoms with Gasteiger partial charge in [0, 0.05) is 18.7 Å². The largest absolute Gasteiger partial charge is 0.350 e. The number of aromatic nitrogens is 1. The van der Waals surface area contributed by atoms with Crippen molar-refractivity contribution in [1.29, 1.82) is 0 Å². The Bertz CT molecular complexity index is 356. The van der Waals surface area contributed by atoms with E-state index < -0.39 is 0 Å². The number of nitrogens with zero attached hydrogens (tertiary/aromatic N) is 1. The van der Waals surface area contributed by atoms with Crippen molar-refractivity contribution in [3.8, 4) is 0 Å². The van der Waals surface area contributed by atoms with E-state index in [4.69, 9.17) is 9.47 Å².